The van der Waals surface area contributed by atoms with Gasteiger partial charge in [0, 0.05) is 19.2 Å². The van der Waals surface area contributed by atoms with E-state index in [1.165, 1.54) is 10.6 Å². The molecule has 0 radical (unpaired) electrons. The highest BCUT2D eigenvalue weighted by Crippen LogP contribution is 2.34. The van der Waals surface area contributed by atoms with Crippen molar-refractivity contribution in [2.24, 2.45) is 0 Å². The number of carbonyl (C=O) groups excluding carboxylic acids is 1. The first kappa shape index (κ1) is 21.9. The molecule has 0 amide bonds. The van der Waals surface area contributed by atoms with Gasteiger partial charge in [0.15, 0.2) is 0 Å². The van der Waals surface area contributed by atoms with E-state index >= 15 is 0 Å². The van der Waals surface area contributed by atoms with E-state index in [0.29, 0.717) is 25.6 Å². The van der Waals surface area contributed by atoms with E-state index in [-0.39, 0.29) is 31.1 Å². The number of anilines is 2. The maximum absolute atomic E-state index is 13.8. The Kier molecular flexibility index (Phi) is 6.14. The van der Waals surface area contributed by atoms with Gasteiger partial charge in [-0.2, -0.15) is 18.2 Å². The lowest BCUT2D eigenvalue weighted by molar-refractivity contribution is -0.157. The van der Waals surface area contributed by atoms with Crippen LogP contribution in [0.2, 0.25) is 0 Å². The minimum Gasteiger partial charge on any atom is -0.461 e. The highest BCUT2D eigenvalue weighted by atomic mass is 19.4. The molecule has 8 nitrogen and oxygen atoms in total. The van der Waals surface area contributed by atoms with Crippen molar-refractivity contribution in [1.82, 2.24) is 9.55 Å². The molecule has 3 heterocycles. The number of aromatic nitrogens is 2. The number of rotatable bonds is 4. The van der Waals surface area contributed by atoms with Gasteiger partial charge >= 0.3 is 12.1 Å². The molecular formula is C20H27F3N4O4. The quantitative estimate of drug-likeness (QED) is 0.659. The maximum Gasteiger partial charge on any atom is 0.408 e. The summed E-state index contributed by atoms with van der Waals surface area (Å²) >= 11 is 0. The Morgan fingerprint density at radius 3 is 2.68 bits per heavy atom. The van der Waals surface area contributed by atoms with E-state index in [1.807, 2.05) is 11.8 Å². The van der Waals surface area contributed by atoms with Crippen LogP contribution < -0.4 is 15.4 Å². The fourth-order valence-corrected chi connectivity index (χ4v) is 4.56. The molecule has 2 atom stereocenters. The van der Waals surface area contributed by atoms with Gasteiger partial charge in [-0.25, -0.2) is 0 Å². The van der Waals surface area contributed by atoms with E-state index < -0.39 is 30.3 Å². The summed E-state index contributed by atoms with van der Waals surface area (Å²) in [4.78, 5) is 32.4. The predicted molar refractivity (Wildman–Crippen MR) is 106 cm³/mol. The van der Waals surface area contributed by atoms with Crippen LogP contribution in [0.15, 0.2) is 10.9 Å². The Bertz CT molecular complexity index is 869. The standard InChI is InChI=1S/C20H27F3N4O4/c1-13-12-30-9-8-25(13)16-10-17(28)26-7-6-15(20(21,22)23)27(19(26)24-16)11-18(29)31-14-4-2-3-5-14/h10,13-15H,2-9,11-12H2,1H3/t13-,15+/m1/s1. The van der Waals surface area contributed by atoms with Crippen LogP contribution in [0.3, 0.4) is 0 Å². The molecular weight excluding hydrogens is 417 g/mol. The average molecular weight is 444 g/mol. The molecule has 0 bridgehead atoms. The lowest BCUT2D eigenvalue weighted by atomic mass is 10.1. The first-order valence-corrected chi connectivity index (χ1v) is 10.7. The van der Waals surface area contributed by atoms with E-state index in [2.05, 4.69) is 4.98 Å². The average Bonchev–Trinajstić information content (AvgIpc) is 3.20. The van der Waals surface area contributed by atoms with Gasteiger partial charge < -0.3 is 19.3 Å². The van der Waals surface area contributed by atoms with Gasteiger partial charge in [-0.1, -0.05) is 0 Å². The normalized spacial score (nSPS) is 24.9. The summed E-state index contributed by atoms with van der Waals surface area (Å²) in [6, 6.07) is -0.645. The summed E-state index contributed by atoms with van der Waals surface area (Å²) in [6.07, 6.45) is -1.83. The van der Waals surface area contributed by atoms with E-state index in [9.17, 15) is 22.8 Å². The molecule has 31 heavy (non-hydrogen) atoms. The molecule has 0 N–H and O–H groups in total. The molecule has 1 saturated carbocycles. The van der Waals surface area contributed by atoms with Crippen molar-refractivity contribution >= 4 is 17.7 Å². The summed E-state index contributed by atoms with van der Waals surface area (Å²) in [5.41, 5.74) is -0.437. The minimum atomic E-state index is -4.57. The largest absolute Gasteiger partial charge is 0.461 e. The number of morpholine rings is 1. The molecule has 1 aliphatic carbocycles. The summed E-state index contributed by atoms with van der Waals surface area (Å²) in [6.45, 7) is 2.53. The fourth-order valence-electron chi connectivity index (χ4n) is 4.56. The van der Waals surface area contributed by atoms with Crippen LogP contribution >= 0.6 is 0 Å². The Balaban J connectivity index is 1.67. The third kappa shape index (κ3) is 4.65. The van der Waals surface area contributed by atoms with Crippen LogP contribution in [-0.2, 0) is 20.8 Å². The number of ether oxygens (including phenoxy) is 2. The third-order valence-electron chi connectivity index (χ3n) is 6.17. The Morgan fingerprint density at radius 1 is 1.26 bits per heavy atom. The van der Waals surface area contributed by atoms with Crippen LogP contribution in [0.1, 0.15) is 39.0 Å². The smallest absolute Gasteiger partial charge is 0.408 e. The highest BCUT2D eigenvalue weighted by Gasteiger charge is 2.47. The predicted octanol–water partition coefficient (Wildman–Crippen LogP) is 2.10. The summed E-state index contributed by atoms with van der Waals surface area (Å²) in [5, 5.41) is 0. The molecule has 172 valence electrons. The Labute approximate surface area is 177 Å². The molecule has 1 saturated heterocycles. The zero-order valence-electron chi connectivity index (χ0n) is 17.4. The van der Waals surface area contributed by atoms with Crippen LogP contribution in [0.4, 0.5) is 24.9 Å². The molecule has 3 aliphatic rings. The molecule has 0 spiro atoms. The zero-order valence-corrected chi connectivity index (χ0v) is 17.4. The van der Waals surface area contributed by atoms with Gasteiger partial charge in [-0.3, -0.25) is 14.2 Å². The monoisotopic (exact) mass is 444 g/mol. The van der Waals surface area contributed by atoms with Gasteiger partial charge in [-0.05, 0) is 39.0 Å². The van der Waals surface area contributed by atoms with Crippen LogP contribution in [0.25, 0.3) is 0 Å². The summed E-state index contributed by atoms with van der Waals surface area (Å²) in [7, 11) is 0. The molecule has 1 aromatic rings. The van der Waals surface area contributed by atoms with Crippen molar-refractivity contribution in [3.63, 3.8) is 0 Å². The van der Waals surface area contributed by atoms with E-state index in [4.69, 9.17) is 9.47 Å². The van der Waals surface area contributed by atoms with E-state index in [0.717, 1.165) is 30.6 Å². The minimum absolute atomic E-state index is 0.0773. The third-order valence-corrected chi connectivity index (χ3v) is 6.17. The van der Waals surface area contributed by atoms with Crippen LogP contribution in [0, 0.1) is 0 Å². The fraction of sp³-hybridized carbons (Fsp3) is 0.750. The van der Waals surface area contributed by atoms with Gasteiger partial charge in [0.05, 0.1) is 19.3 Å². The lowest BCUT2D eigenvalue weighted by Gasteiger charge is -2.40. The molecule has 4 rings (SSSR count). The lowest BCUT2D eigenvalue weighted by Crippen LogP contribution is -2.54. The summed E-state index contributed by atoms with van der Waals surface area (Å²) in [5.74, 6) is -0.573. The zero-order chi connectivity index (χ0) is 22.2. The Morgan fingerprint density at radius 2 is 2.00 bits per heavy atom. The molecule has 2 fully saturated rings. The first-order valence-electron chi connectivity index (χ1n) is 10.7. The Hall–Kier alpha value is -2.30. The second-order valence-corrected chi connectivity index (χ2v) is 8.39. The molecule has 0 unspecified atom stereocenters. The maximum atomic E-state index is 13.8. The molecule has 0 aromatic carbocycles. The number of nitrogens with zero attached hydrogens (tertiary/aromatic N) is 4. The van der Waals surface area contributed by atoms with Gasteiger partial charge in [0.25, 0.3) is 5.56 Å². The number of hydrogen-bond donors (Lipinski definition) is 0. The van der Waals surface area contributed by atoms with Crippen molar-refractivity contribution in [2.75, 3.05) is 36.1 Å². The van der Waals surface area contributed by atoms with Crippen LogP contribution in [0.5, 0.6) is 0 Å². The van der Waals surface area contributed by atoms with Crippen molar-refractivity contribution in [3.8, 4) is 0 Å². The molecule has 2 aliphatic heterocycles. The van der Waals surface area contributed by atoms with Crippen molar-refractivity contribution in [3.05, 3.63) is 16.4 Å². The first-order chi connectivity index (χ1) is 14.7. The number of alkyl halides is 3. The van der Waals surface area contributed by atoms with Crippen molar-refractivity contribution < 1.29 is 27.4 Å². The SMILES string of the molecule is C[C@@H]1COCCN1c1cc(=O)n2c(n1)N(CC(=O)OC1CCCC1)[C@H](C(F)(F)F)CC2. The number of halogens is 3. The molecule has 1 aromatic heterocycles. The topological polar surface area (TPSA) is 76.9 Å². The summed E-state index contributed by atoms with van der Waals surface area (Å²) < 4.78 is 53.5. The highest BCUT2D eigenvalue weighted by molar-refractivity contribution is 5.75. The second-order valence-electron chi connectivity index (χ2n) is 8.39. The van der Waals surface area contributed by atoms with Gasteiger partial charge in [0.2, 0.25) is 5.95 Å². The van der Waals surface area contributed by atoms with E-state index in [1.54, 1.807) is 0 Å². The number of esters is 1. The van der Waals surface area contributed by atoms with Crippen molar-refractivity contribution in [1.29, 1.82) is 0 Å². The number of hydrogen-bond acceptors (Lipinski definition) is 7. The number of fused-ring (bicyclic) bond motifs is 1. The van der Waals surface area contributed by atoms with Gasteiger partial charge in [0.1, 0.15) is 24.5 Å². The van der Waals surface area contributed by atoms with Gasteiger partial charge in [-0.15, -0.1) is 0 Å². The molecule has 11 heteroatoms. The van der Waals surface area contributed by atoms with Crippen LogP contribution in [-0.4, -0.2) is 66.2 Å². The second kappa shape index (κ2) is 8.68. The van der Waals surface area contributed by atoms with Crippen molar-refractivity contribution in [2.45, 2.75) is 69.9 Å². The number of carbonyl (C=O) groups is 1.